The van der Waals surface area contributed by atoms with Crippen LogP contribution in [0.4, 0.5) is 0 Å². The molecule has 7 fully saturated rings. The maximum Gasteiger partial charge on any atom is 0.186 e. The maximum atomic E-state index is 10.8. The quantitative estimate of drug-likeness (QED) is 0.133. The van der Waals surface area contributed by atoms with Crippen molar-refractivity contribution < 1.29 is 59.8 Å². The van der Waals surface area contributed by atoms with Crippen molar-refractivity contribution in [2.24, 2.45) is 56.7 Å². The third-order valence-electron chi connectivity index (χ3n) is 17.7. The minimum atomic E-state index is -1.47. The number of allylic oxidation sites excluding steroid dienone is 1. The fourth-order valence-corrected chi connectivity index (χ4v) is 14.5. The molecule has 20 atom stereocenters. The summed E-state index contributed by atoms with van der Waals surface area (Å²) in [5.74, 6) is 2.01. The highest BCUT2D eigenvalue weighted by Gasteiger charge is 2.71. The van der Waals surface area contributed by atoms with Crippen molar-refractivity contribution in [3.8, 4) is 0 Å². The molecule has 7 rings (SSSR count). The zero-order valence-electron chi connectivity index (χ0n) is 33.3. The van der Waals surface area contributed by atoms with E-state index in [4.69, 9.17) is 18.9 Å². The van der Waals surface area contributed by atoms with Crippen molar-refractivity contribution in [1.82, 2.24) is 0 Å². The second-order valence-corrected chi connectivity index (χ2v) is 20.2. The molecule has 5 aliphatic carbocycles. The van der Waals surface area contributed by atoms with Gasteiger partial charge in [0.2, 0.25) is 0 Å². The Morgan fingerprint density at radius 1 is 0.648 bits per heavy atom. The summed E-state index contributed by atoms with van der Waals surface area (Å²) < 4.78 is 24.5. The number of aliphatic hydroxyl groups excluding tert-OH is 8. The van der Waals surface area contributed by atoms with Crippen LogP contribution in [0.15, 0.2) is 12.2 Å². The van der Waals surface area contributed by atoms with Crippen molar-refractivity contribution in [2.75, 3.05) is 19.8 Å². The number of rotatable bonds is 8. The van der Waals surface area contributed by atoms with Crippen LogP contribution in [0.1, 0.15) is 106 Å². The van der Waals surface area contributed by atoms with Gasteiger partial charge in [0, 0.05) is 0 Å². The van der Waals surface area contributed by atoms with Crippen molar-refractivity contribution in [1.29, 1.82) is 0 Å². The summed E-state index contributed by atoms with van der Waals surface area (Å²) in [4.78, 5) is 0. The fraction of sp³-hybridized carbons (Fsp3) is 0.952. The van der Waals surface area contributed by atoms with E-state index in [2.05, 4.69) is 48.1 Å². The summed E-state index contributed by atoms with van der Waals surface area (Å²) in [6.45, 7) is 18.3. The molecule has 0 bridgehead atoms. The summed E-state index contributed by atoms with van der Waals surface area (Å²) in [5, 5.41) is 82.8. The largest absolute Gasteiger partial charge is 0.394 e. The Bertz CT molecular complexity index is 1370. The number of hydrogen-bond donors (Lipinski definition) is 8. The van der Waals surface area contributed by atoms with E-state index in [-0.39, 0.29) is 33.2 Å². The van der Waals surface area contributed by atoms with E-state index in [1.54, 1.807) is 0 Å². The minimum Gasteiger partial charge on any atom is -0.394 e. The summed E-state index contributed by atoms with van der Waals surface area (Å²) in [5.41, 5.74) is 1.04. The van der Waals surface area contributed by atoms with Gasteiger partial charge in [0.15, 0.2) is 12.6 Å². The molecule has 12 unspecified atom stereocenters. The standard InChI is InChI=1S/C42H70O12/c1-21(2)22-10-15-42(20-51-36-34(49)32(47)30(45)24(18-43)52-36)17-16-40(6)23(29(22)42)8-9-27-39(5)13-12-28(38(3,4)26(39)11-14-41(27,40)7)54-37-35(50)33(48)31(46)25(19-44)53-37/h22-37,43-50H,1,8-20H2,2-7H3/t22?,23?,24-,25+,26?,27?,28?,29?,30-,31+,32+,33-,34-,35+,36?,37?,39?,40?,41?,42?/m0/s1. The molecule has 0 amide bonds. The SMILES string of the molecule is C=C(C)C1CCC2(COC3O[C@@H](CO)[C@H](O)[C@@H](O)[C@@H]3O)CCC3(C)C(CCC4C5(C)CCC(OC6O[C@H](CO)[C@@H](O)[C@H](O)[C@H]6O)C(C)(C)C5CCC43C)C12. The van der Waals surface area contributed by atoms with Crippen LogP contribution in [0.3, 0.4) is 0 Å². The Morgan fingerprint density at radius 3 is 1.87 bits per heavy atom. The highest BCUT2D eigenvalue weighted by atomic mass is 16.7. The lowest BCUT2D eigenvalue weighted by molar-refractivity contribution is -0.332. The van der Waals surface area contributed by atoms with Crippen LogP contribution in [0, 0.1) is 56.7 Å². The van der Waals surface area contributed by atoms with Crippen LogP contribution in [0.25, 0.3) is 0 Å². The topological polar surface area (TPSA) is 199 Å². The normalized spacial score (nSPS) is 55.6. The van der Waals surface area contributed by atoms with E-state index in [9.17, 15) is 40.9 Å². The van der Waals surface area contributed by atoms with Gasteiger partial charge in [-0.05, 0) is 128 Å². The van der Waals surface area contributed by atoms with E-state index in [1.165, 1.54) is 5.57 Å². The van der Waals surface area contributed by atoms with Crippen molar-refractivity contribution in [3.05, 3.63) is 12.2 Å². The molecule has 0 aromatic rings. The molecule has 310 valence electrons. The van der Waals surface area contributed by atoms with Gasteiger partial charge >= 0.3 is 0 Å². The van der Waals surface area contributed by atoms with E-state index in [0.717, 1.165) is 64.2 Å². The number of hydrogen-bond acceptors (Lipinski definition) is 12. The average molecular weight is 767 g/mol. The molecular weight excluding hydrogens is 696 g/mol. The van der Waals surface area contributed by atoms with Gasteiger partial charge < -0.3 is 59.8 Å². The molecule has 54 heavy (non-hydrogen) atoms. The van der Waals surface area contributed by atoms with Gasteiger partial charge in [-0.3, -0.25) is 0 Å². The van der Waals surface area contributed by atoms with E-state index >= 15 is 0 Å². The lowest BCUT2D eigenvalue weighted by Crippen LogP contribution is -2.67. The van der Waals surface area contributed by atoms with Crippen LogP contribution in [-0.4, -0.2) is 128 Å². The first-order valence-corrected chi connectivity index (χ1v) is 20.8. The van der Waals surface area contributed by atoms with Crippen LogP contribution < -0.4 is 0 Å². The average Bonchev–Trinajstić information content (AvgIpc) is 3.52. The van der Waals surface area contributed by atoms with Crippen molar-refractivity contribution in [2.45, 2.75) is 173 Å². The monoisotopic (exact) mass is 766 g/mol. The molecule has 2 saturated heterocycles. The first kappa shape index (κ1) is 41.4. The summed E-state index contributed by atoms with van der Waals surface area (Å²) in [6, 6.07) is 0. The van der Waals surface area contributed by atoms with Gasteiger partial charge in [-0.15, -0.1) is 0 Å². The predicted octanol–water partition coefficient (Wildman–Crippen LogP) is 2.65. The van der Waals surface area contributed by atoms with E-state index in [1.807, 2.05) is 0 Å². The molecular formula is C42H70O12. The molecule has 5 saturated carbocycles. The number of ether oxygens (including phenoxy) is 4. The Kier molecular flexibility index (Phi) is 11.1. The highest BCUT2D eigenvalue weighted by molar-refractivity contribution is 5.22. The predicted molar refractivity (Wildman–Crippen MR) is 197 cm³/mol. The molecule has 2 aliphatic heterocycles. The molecule has 7 aliphatic rings. The van der Waals surface area contributed by atoms with Crippen LogP contribution in [-0.2, 0) is 18.9 Å². The molecule has 0 radical (unpaired) electrons. The molecule has 2 heterocycles. The molecule has 8 N–H and O–H groups in total. The van der Waals surface area contributed by atoms with Crippen molar-refractivity contribution in [3.63, 3.8) is 0 Å². The zero-order valence-corrected chi connectivity index (χ0v) is 33.3. The Labute approximate surface area is 321 Å². The maximum absolute atomic E-state index is 10.8. The number of aliphatic hydroxyl groups is 8. The van der Waals surface area contributed by atoms with Gasteiger partial charge in [0.05, 0.1) is 25.9 Å². The molecule has 12 heteroatoms. The van der Waals surface area contributed by atoms with Gasteiger partial charge in [0.1, 0.15) is 48.8 Å². The van der Waals surface area contributed by atoms with E-state index in [0.29, 0.717) is 36.2 Å². The second kappa shape index (κ2) is 14.5. The molecule has 0 spiro atoms. The van der Waals surface area contributed by atoms with Gasteiger partial charge in [-0.2, -0.15) is 0 Å². The first-order valence-electron chi connectivity index (χ1n) is 20.8. The fourth-order valence-electron chi connectivity index (χ4n) is 14.5. The van der Waals surface area contributed by atoms with Gasteiger partial charge in [0.25, 0.3) is 0 Å². The Morgan fingerprint density at radius 2 is 1.26 bits per heavy atom. The summed E-state index contributed by atoms with van der Waals surface area (Å²) >= 11 is 0. The highest BCUT2D eigenvalue weighted by Crippen LogP contribution is 2.77. The molecule has 0 aromatic heterocycles. The lowest BCUT2D eigenvalue weighted by Gasteiger charge is -2.73. The van der Waals surface area contributed by atoms with Crippen molar-refractivity contribution >= 4 is 0 Å². The molecule has 0 aromatic carbocycles. The summed E-state index contributed by atoms with van der Waals surface area (Å²) in [7, 11) is 0. The molecule has 12 nitrogen and oxygen atoms in total. The first-order chi connectivity index (χ1) is 25.3. The van der Waals surface area contributed by atoms with E-state index < -0.39 is 74.6 Å². The smallest absolute Gasteiger partial charge is 0.186 e. The Balaban J connectivity index is 1.11. The third-order valence-corrected chi connectivity index (χ3v) is 17.7. The summed E-state index contributed by atoms with van der Waals surface area (Å²) in [6.07, 6.45) is -2.95. The zero-order chi connectivity index (χ0) is 39.3. The van der Waals surface area contributed by atoms with Crippen LogP contribution in [0.2, 0.25) is 0 Å². The Hall–Kier alpha value is -0.740. The second-order valence-electron chi connectivity index (χ2n) is 20.2. The van der Waals surface area contributed by atoms with Gasteiger partial charge in [-0.1, -0.05) is 46.8 Å². The van der Waals surface area contributed by atoms with Gasteiger partial charge in [-0.25, -0.2) is 0 Å². The minimum absolute atomic E-state index is 0.0594. The third kappa shape index (κ3) is 6.05. The lowest BCUT2D eigenvalue weighted by atomic mass is 9.32. The van der Waals surface area contributed by atoms with Crippen LogP contribution >= 0.6 is 0 Å². The van der Waals surface area contributed by atoms with Crippen LogP contribution in [0.5, 0.6) is 0 Å². The number of fused-ring (bicyclic) bond motifs is 7.